The third-order valence-electron chi connectivity index (χ3n) is 2.75. The monoisotopic (exact) mass is 209 g/mol. The molecule has 1 nitrogen and oxygen atoms in total. The molecule has 0 radical (unpaired) electrons. The summed E-state index contributed by atoms with van der Waals surface area (Å²) in [6.45, 7) is 4.09. The van der Waals surface area contributed by atoms with Crippen LogP contribution in [0, 0.1) is 12.7 Å². The minimum atomic E-state index is -0.183. The third-order valence-corrected chi connectivity index (χ3v) is 2.75. The van der Waals surface area contributed by atoms with Gasteiger partial charge in [-0.1, -0.05) is 32.3 Å². The van der Waals surface area contributed by atoms with E-state index in [1.807, 2.05) is 6.92 Å². The largest absolute Gasteiger partial charge is 0.324 e. The summed E-state index contributed by atoms with van der Waals surface area (Å²) in [5.41, 5.74) is 8.10. The molecule has 15 heavy (non-hydrogen) atoms. The minimum Gasteiger partial charge on any atom is -0.324 e. The normalized spacial score (nSPS) is 12.8. The number of hydrogen-bond donors (Lipinski definition) is 1. The first-order chi connectivity index (χ1) is 7.15. The topological polar surface area (TPSA) is 26.0 Å². The molecule has 0 fully saturated rings. The van der Waals surface area contributed by atoms with E-state index in [0.717, 1.165) is 24.0 Å². The van der Waals surface area contributed by atoms with Crippen LogP contribution in [0.4, 0.5) is 4.39 Å². The minimum absolute atomic E-state index is 0.0529. The standard InChI is InChI=1S/C13H20FN/c1-3-4-5-6-13(15)12-8-7-11(14)9-10(12)2/h7-9,13H,3-6,15H2,1-2H3/t13-/m1/s1. The SMILES string of the molecule is CCCCC[C@@H](N)c1ccc(F)cc1C. The van der Waals surface area contributed by atoms with Crippen molar-refractivity contribution >= 4 is 0 Å². The van der Waals surface area contributed by atoms with Gasteiger partial charge in [-0.15, -0.1) is 0 Å². The van der Waals surface area contributed by atoms with Crippen LogP contribution in [0.3, 0.4) is 0 Å². The predicted octanol–water partition coefficient (Wildman–Crippen LogP) is 3.71. The number of nitrogens with two attached hydrogens (primary N) is 1. The van der Waals surface area contributed by atoms with Crippen molar-refractivity contribution in [3.05, 3.63) is 35.1 Å². The highest BCUT2D eigenvalue weighted by Crippen LogP contribution is 2.21. The molecule has 1 aromatic rings. The van der Waals surface area contributed by atoms with Crippen molar-refractivity contribution in [2.75, 3.05) is 0 Å². The molecule has 0 saturated carbocycles. The maximum absolute atomic E-state index is 12.9. The first-order valence-electron chi connectivity index (χ1n) is 5.66. The van der Waals surface area contributed by atoms with Crippen LogP contribution >= 0.6 is 0 Å². The van der Waals surface area contributed by atoms with Crippen LogP contribution in [-0.4, -0.2) is 0 Å². The number of benzene rings is 1. The Bertz CT molecular complexity index is 309. The molecule has 0 spiro atoms. The summed E-state index contributed by atoms with van der Waals surface area (Å²) in [4.78, 5) is 0. The van der Waals surface area contributed by atoms with E-state index in [-0.39, 0.29) is 11.9 Å². The lowest BCUT2D eigenvalue weighted by molar-refractivity contribution is 0.575. The lowest BCUT2D eigenvalue weighted by Crippen LogP contribution is -2.11. The number of rotatable bonds is 5. The molecule has 1 rings (SSSR count). The van der Waals surface area contributed by atoms with Crippen LogP contribution in [0.25, 0.3) is 0 Å². The van der Waals surface area contributed by atoms with E-state index in [1.165, 1.54) is 18.9 Å². The molecule has 0 bridgehead atoms. The lowest BCUT2D eigenvalue weighted by Gasteiger charge is -2.14. The van der Waals surface area contributed by atoms with Crippen molar-refractivity contribution < 1.29 is 4.39 Å². The maximum atomic E-state index is 12.9. The Hall–Kier alpha value is -0.890. The Morgan fingerprint density at radius 1 is 1.33 bits per heavy atom. The van der Waals surface area contributed by atoms with Gasteiger partial charge in [-0.3, -0.25) is 0 Å². The molecule has 1 atom stereocenters. The summed E-state index contributed by atoms with van der Waals surface area (Å²) in [6.07, 6.45) is 4.55. The van der Waals surface area contributed by atoms with Crippen LogP contribution < -0.4 is 5.73 Å². The van der Waals surface area contributed by atoms with E-state index in [9.17, 15) is 4.39 Å². The van der Waals surface area contributed by atoms with Gasteiger partial charge in [-0.2, -0.15) is 0 Å². The maximum Gasteiger partial charge on any atom is 0.123 e. The van der Waals surface area contributed by atoms with Crippen molar-refractivity contribution in [3.8, 4) is 0 Å². The van der Waals surface area contributed by atoms with Crippen molar-refractivity contribution in [2.45, 2.75) is 45.6 Å². The average Bonchev–Trinajstić information content (AvgIpc) is 2.17. The van der Waals surface area contributed by atoms with Gasteiger partial charge in [-0.05, 0) is 36.6 Å². The zero-order valence-electron chi connectivity index (χ0n) is 9.59. The molecular formula is C13H20FN. The summed E-state index contributed by atoms with van der Waals surface area (Å²) in [5, 5.41) is 0. The molecule has 0 amide bonds. The van der Waals surface area contributed by atoms with Gasteiger partial charge in [0.1, 0.15) is 5.82 Å². The fourth-order valence-corrected chi connectivity index (χ4v) is 1.82. The molecular weight excluding hydrogens is 189 g/mol. The van der Waals surface area contributed by atoms with Gasteiger partial charge in [0.05, 0.1) is 0 Å². The van der Waals surface area contributed by atoms with E-state index >= 15 is 0 Å². The zero-order valence-corrected chi connectivity index (χ0v) is 9.59. The summed E-state index contributed by atoms with van der Waals surface area (Å²) >= 11 is 0. The van der Waals surface area contributed by atoms with Crippen molar-refractivity contribution in [1.29, 1.82) is 0 Å². The Morgan fingerprint density at radius 2 is 2.07 bits per heavy atom. The van der Waals surface area contributed by atoms with Gasteiger partial charge in [0.25, 0.3) is 0 Å². The summed E-state index contributed by atoms with van der Waals surface area (Å²) in [5.74, 6) is -0.183. The molecule has 0 heterocycles. The van der Waals surface area contributed by atoms with Gasteiger partial charge >= 0.3 is 0 Å². The van der Waals surface area contributed by atoms with E-state index in [2.05, 4.69) is 6.92 Å². The van der Waals surface area contributed by atoms with Crippen LogP contribution in [0.1, 0.15) is 49.8 Å². The average molecular weight is 209 g/mol. The van der Waals surface area contributed by atoms with Crippen molar-refractivity contribution in [1.82, 2.24) is 0 Å². The highest BCUT2D eigenvalue weighted by molar-refractivity contribution is 5.29. The number of halogens is 1. The molecule has 84 valence electrons. The van der Waals surface area contributed by atoms with Crippen molar-refractivity contribution in [3.63, 3.8) is 0 Å². The third kappa shape index (κ3) is 3.63. The fourth-order valence-electron chi connectivity index (χ4n) is 1.82. The molecule has 0 aliphatic rings. The number of unbranched alkanes of at least 4 members (excludes halogenated alkanes) is 2. The molecule has 0 aliphatic carbocycles. The second-order valence-corrected chi connectivity index (χ2v) is 4.10. The molecule has 0 aliphatic heterocycles. The molecule has 0 unspecified atom stereocenters. The molecule has 0 saturated heterocycles. The van der Waals surface area contributed by atoms with E-state index in [1.54, 1.807) is 12.1 Å². The van der Waals surface area contributed by atoms with Crippen LogP contribution in [0.5, 0.6) is 0 Å². The van der Waals surface area contributed by atoms with E-state index in [0.29, 0.717) is 0 Å². The molecule has 2 N–H and O–H groups in total. The highest BCUT2D eigenvalue weighted by Gasteiger charge is 2.08. The number of aryl methyl sites for hydroxylation is 1. The summed E-state index contributed by atoms with van der Waals surface area (Å²) < 4.78 is 12.9. The van der Waals surface area contributed by atoms with Crippen LogP contribution in [0.2, 0.25) is 0 Å². The highest BCUT2D eigenvalue weighted by atomic mass is 19.1. The first-order valence-corrected chi connectivity index (χ1v) is 5.66. The molecule has 2 heteroatoms. The first kappa shape index (κ1) is 12.2. The molecule has 1 aromatic carbocycles. The Kier molecular flexibility index (Phi) is 4.76. The van der Waals surface area contributed by atoms with Gasteiger partial charge in [-0.25, -0.2) is 4.39 Å². The summed E-state index contributed by atoms with van der Waals surface area (Å²) in [6, 6.07) is 4.90. The van der Waals surface area contributed by atoms with Crippen molar-refractivity contribution in [2.24, 2.45) is 5.73 Å². The quantitative estimate of drug-likeness (QED) is 0.735. The fraction of sp³-hybridized carbons (Fsp3) is 0.538. The molecule has 0 aromatic heterocycles. The zero-order chi connectivity index (χ0) is 11.3. The Balaban J connectivity index is 2.61. The van der Waals surface area contributed by atoms with Crippen LogP contribution in [0.15, 0.2) is 18.2 Å². The van der Waals surface area contributed by atoms with E-state index < -0.39 is 0 Å². The smallest absolute Gasteiger partial charge is 0.123 e. The Labute approximate surface area is 91.5 Å². The van der Waals surface area contributed by atoms with Gasteiger partial charge < -0.3 is 5.73 Å². The van der Waals surface area contributed by atoms with Gasteiger partial charge in [0.15, 0.2) is 0 Å². The Morgan fingerprint density at radius 3 is 2.67 bits per heavy atom. The summed E-state index contributed by atoms with van der Waals surface area (Å²) in [7, 11) is 0. The van der Waals surface area contributed by atoms with E-state index in [4.69, 9.17) is 5.73 Å². The van der Waals surface area contributed by atoms with Crippen LogP contribution in [-0.2, 0) is 0 Å². The second kappa shape index (κ2) is 5.86. The van der Waals surface area contributed by atoms with Gasteiger partial charge in [0.2, 0.25) is 0 Å². The van der Waals surface area contributed by atoms with Gasteiger partial charge in [0, 0.05) is 6.04 Å². The lowest BCUT2D eigenvalue weighted by atomic mass is 9.97. The number of hydrogen-bond acceptors (Lipinski definition) is 1. The second-order valence-electron chi connectivity index (χ2n) is 4.10. The predicted molar refractivity (Wildman–Crippen MR) is 62.2 cm³/mol.